The summed E-state index contributed by atoms with van der Waals surface area (Å²) in [5.74, 6) is 0.150. The summed E-state index contributed by atoms with van der Waals surface area (Å²) < 4.78 is 26.9. The molecule has 0 unspecified atom stereocenters. The van der Waals surface area contributed by atoms with Gasteiger partial charge in [-0.3, -0.25) is 9.59 Å². The number of benzene rings is 4. The third-order valence-electron chi connectivity index (χ3n) is 6.17. The fraction of sp³-hybridized carbons (Fsp3) is 0.0323. The Morgan fingerprint density at radius 1 is 1.02 bits per heavy atom. The zero-order chi connectivity index (χ0) is 28.3. The Morgan fingerprint density at radius 3 is 2.63 bits per heavy atom. The number of rotatable bonds is 7. The van der Waals surface area contributed by atoms with Crippen molar-refractivity contribution in [3.05, 3.63) is 123 Å². The van der Waals surface area contributed by atoms with E-state index in [-0.39, 0.29) is 18.0 Å². The predicted octanol–water partition coefficient (Wildman–Crippen LogP) is 6.61. The zero-order valence-corrected chi connectivity index (χ0v) is 22.8. The number of nitrogens with zero attached hydrogens (tertiary/aromatic N) is 3. The first-order chi connectivity index (χ1) is 19.9. The van der Waals surface area contributed by atoms with Gasteiger partial charge in [0.2, 0.25) is 5.82 Å². The van der Waals surface area contributed by atoms with Crippen LogP contribution in [0.5, 0.6) is 5.75 Å². The van der Waals surface area contributed by atoms with E-state index in [1.807, 2.05) is 36.4 Å². The molecule has 0 saturated carbocycles. The van der Waals surface area contributed by atoms with Gasteiger partial charge in [0, 0.05) is 21.1 Å². The van der Waals surface area contributed by atoms with E-state index in [9.17, 15) is 14.0 Å². The van der Waals surface area contributed by atoms with Crippen LogP contribution in [0.25, 0.3) is 33.5 Å². The smallest absolute Gasteiger partial charge is 0.282 e. The minimum atomic E-state index is -0.426. The van der Waals surface area contributed by atoms with Crippen molar-refractivity contribution in [2.75, 3.05) is 11.9 Å². The van der Waals surface area contributed by atoms with Gasteiger partial charge in [-0.2, -0.15) is 9.78 Å². The fourth-order valence-electron chi connectivity index (χ4n) is 4.23. The molecule has 2 aromatic heterocycles. The van der Waals surface area contributed by atoms with Gasteiger partial charge in [-0.15, -0.1) is 0 Å². The van der Waals surface area contributed by atoms with Gasteiger partial charge in [0.05, 0.1) is 17.1 Å². The van der Waals surface area contributed by atoms with Crippen LogP contribution in [0, 0.1) is 5.82 Å². The number of nitrogens with one attached hydrogen (secondary N) is 1. The predicted molar refractivity (Wildman–Crippen MR) is 159 cm³/mol. The van der Waals surface area contributed by atoms with Crippen molar-refractivity contribution in [1.82, 2.24) is 9.66 Å². The lowest BCUT2D eigenvalue weighted by atomic mass is 10.2. The summed E-state index contributed by atoms with van der Waals surface area (Å²) in [4.78, 5) is 30.7. The lowest BCUT2D eigenvalue weighted by Crippen LogP contribution is -2.21. The maximum Gasteiger partial charge on any atom is 0.282 e. The number of carbonyl (C=O) groups excluding carboxylic acids is 1. The Labute approximate surface area is 240 Å². The number of furan rings is 1. The van der Waals surface area contributed by atoms with Gasteiger partial charge in [-0.25, -0.2) is 9.37 Å². The van der Waals surface area contributed by atoms with E-state index in [0.717, 1.165) is 9.86 Å². The Balaban J connectivity index is 1.34. The van der Waals surface area contributed by atoms with E-state index < -0.39 is 11.7 Å². The van der Waals surface area contributed by atoms with E-state index in [0.29, 0.717) is 39.2 Å². The van der Waals surface area contributed by atoms with Gasteiger partial charge in [-0.05, 0) is 66.7 Å². The lowest BCUT2D eigenvalue weighted by molar-refractivity contribution is -0.118. The van der Waals surface area contributed by atoms with E-state index in [4.69, 9.17) is 14.1 Å². The highest BCUT2D eigenvalue weighted by Crippen LogP contribution is 2.27. The summed E-state index contributed by atoms with van der Waals surface area (Å²) in [7, 11) is 0. The molecule has 41 heavy (non-hydrogen) atoms. The van der Waals surface area contributed by atoms with Crippen molar-refractivity contribution in [1.29, 1.82) is 0 Å². The van der Waals surface area contributed by atoms with Gasteiger partial charge in [0.25, 0.3) is 11.5 Å². The van der Waals surface area contributed by atoms with Crippen molar-refractivity contribution >= 4 is 55.6 Å². The second-order valence-electron chi connectivity index (χ2n) is 8.99. The third kappa shape index (κ3) is 5.64. The molecule has 0 spiro atoms. The van der Waals surface area contributed by atoms with Crippen LogP contribution in [0.4, 0.5) is 10.1 Å². The minimum absolute atomic E-state index is 0.234. The lowest BCUT2D eigenvalue weighted by Gasteiger charge is -2.11. The van der Waals surface area contributed by atoms with Crippen molar-refractivity contribution in [2.24, 2.45) is 5.10 Å². The second kappa shape index (κ2) is 11.2. The Morgan fingerprint density at radius 2 is 1.80 bits per heavy atom. The van der Waals surface area contributed by atoms with Crippen LogP contribution in [0.1, 0.15) is 5.56 Å². The van der Waals surface area contributed by atoms with Crippen LogP contribution < -0.4 is 15.6 Å². The number of ether oxygens (including phenoxy) is 1. The van der Waals surface area contributed by atoms with E-state index >= 15 is 0 Å². The highest BCUT2D eigenvalue weighted by atomic mass is 79.9. The molecule has 0 radical (unpaired) electrons. The van der Waals surface area contributed by atoms with Crippen molar-refractivity contribution in [2.45, 2.75) is 0 Å². The number of hydrogen-bond donors (Lipinski definition) is 1. The first-order valence-corrected chi connectivity index (χ1v) is 13.3. The molecule has 0 saturated heterocycles. The third-order valence-corrected chi connectivity index (χ3v) is 6.66. The molecule has 0 aliphatic carbocycles. The van der Waals surface area contributed by atoms with E-state index in [2.05, 4.69) is 26.3 Å². The molecule has 1 N–H and O–H groups in total. The van der Waals surface area contributed by atoms with Crippen LogP contribution in [-0.2, 0) is 4.79 Å². The summed E-state index contributed by atoms with van der Waals surface area (Å²) in [6, 6.07) is 26.9. The molecule has 0 aliphatic rings. The number of anilines is 1. The summed E-state index contributed by atoms with van der Waals surface area (Å²) in [5, 5.41) is 8.41. The number of halogens is 2. The highest BCUT2D eigenvalue weighted by molar-refractivity contribution is 9.10. The average molecular weight is 611 g/mol. The molecule has 0 aliphatic heterocycles. The number of para-hydroxylation sites is 2. The largest absolute Gasteiger partial charge is 0.483 e. The first kappa shape index (κ1) is 26.1. The van der Waals surface area contributed by atoms with Gasteiger partial charge in [0.15, 0.2) is 12.4 Å². The average Bonchev–Trinajstić information content (AvgIpc) is 3.42. The van der Waals surface area contributed by atoms with Crippen molar-refractivity contribution in [3.63, 3.8) is 0 Å². The van der Waals surface area contributed by atoms with Crippen molar-refractivity contribution in [3.8, 4) is 17.3 Å². The van der Waals surface area contributed by atoms with Crippen LogP contribution in [0.2, 0.25) is 0 Å². The molecular weight excluding hydrogens is 591 g/mol. The molecule has 6 rings (SSSR count). The van der Waals surface area contributed by atoms with Gasteiger partial charge < -0.3 is 14.5 Å². The van der Waals surface area contributed by atoms with Crippen LogP contribution in [0.3, 0.4) is 0 Å². The molecule has 0 atom stereocenters. The van der Waals surface area contributed by atoms with Gasteiger partial charge in [-0.1, -0.05) is 46.3 Å². The standard InChI is InChI=1S/C31H20BrFN4O4/c32-21-9-14-26(40-18-29(38)35-23-12-10-22(33)11-13-23)20(15-21)17-34-37-30(28-16-19-5-1-4-8-27(19)41-28)36-25-7-3-2-6-24(25)31(37)39/h1-17H,18H2,(H,35,38). The summed E-state index contributed by atoms with van der Waals surface area (Å²) in [6.45, 7) is -0.304. The molecule has 0 fully saturated rings. The van der Waals surface area contributed by atoms with Crippen LogP contribution in [0.15, 0.2) is 116 Å². The van der Waals surface area contributed by atoms with E-state index in [1.165, 1.54) is 35.2 Å². The molecule has 4 aromatic carbocycles. The number of carbonyl (C=O) groups is 1. The minimum Gasteiger partial charge on any atom is -0.483 e. The fourth-order valence-corrected chi connectivity index (χ4v) is 4.61. The summed E-state index contributed by atoms with van der Waals surface area (Å²) >= 11 is 3.45. The summed E-state index contributed by atoms with van der Waals surface area (Å²) in [5.41, 5.74) is 1.74. The monoisotopic (exact) mass is 610 g/mol. The maximum absolute atomic E-state index is 13.6. The number of fused-ring (bicyclic) bond motifs is 2. The highest BCUT2D eigenvalue weighted by Gasteiger charge is 2.17. The van der Waals surface area contributed by atoms with Gasteiger partial charge in [0.1, 0.15) is 17.1 Å². The van der Waals surface area contributed by atoms with Crippen LogP contribution >= 0.6 is 15.9 Å². The van der Waals surface area contributed by atoms with Gasteiger partial charge >= 0.3 is 0 Å². The number of aromatic nitrogens is 2. The molecule has 10 heteroatoms. The Kier molecular flexibility index (Phi) is 7.13. The Bertz CT molecular complexity index is 1970. The van der Waals surface area contributed by atoms with E-state index in [1.54, 1.807) is 36.4 Å². The molecule has 6 aromatic rings. The molecule has 1 amide bonds. The molecule has 0 bridgehead atoms. The molecule has 202 valence electrons. The quantitative estimate of drug-likeness (QED) is 0.205. The maximum atomic E-state index is 13.6. The number of hydrogen-bond acceptors (Lipinski definition) is 6. The Hall–Kier alpha value is -5.09. The first-order valence-electron chi connectivity index (χ1n) is 12.5. The second-order valence-corrected chi connectivity index (χ2v) is 9.90. The van der Waals surface area contributed by atoms with Crippen molar-refractivity contribution < 1.29 is 18.3 Å². The molecular formula is C31H20BrFN4O4. The van der Waals surface area contributed by atoms with Crippen LogP contribution in [-0.4, -0.2) is 28.4 Å². The zero-order valence-electron chi connectivity index (χ0n) is 21.3. The SMILES string of the molecule is O=C(COc1ccc(Br)cc1C=Nn1c(-c2cc3ccccc3o2)nc2ccccc2c1=O)Nc1ccc(F)cc1. The topological polar surface area (TPSA) is 98.7 Å². The summed E-state index contributed by atoms with van der Waals surface area (Å²) in [6.07, 6.45) is 1.46. The normalized spacial score (nSPS) is 11.4. The molecule has 8 nitrogen and oxygen atoms in total. The molecule has 2 heterocycles. The number of amides is 1.